The monoisotopic (exact) mass is 360 g/mol. The van der Waals surface area contributed by atoms with E-state index in [0.717, 1.165) is 41.4 Å². The summed E-state index contributed by atoms with van der Waals surface area (Å²) in [6.07, 6.45) is 4.12. The molecule has 0 fully saturated rings. The van der Waals surface area contributed by atoms with Crippen LogP contribution in [0.15, 0.2) is 36.4 Å². The third-order valence-corrected chi connectivity index (χ3v) is 7.52. The molecule has 1 heterocycles. The summed E-state index contributed by atoms with van der Waals surface area (Å²) in [5.41, 5.74) is 1.73. The Balaban J connectivity index is 2.16. The number of unbranched alkanes of at least 4 members (excludes halogenated alkanes) is 2. The minimum atomic E-state index is -2.59. The van der Waals surface area contributed by atoms with Crippen LogP contribution in [0.1, 0.15) is 26.2 Å². The van der Waals surface area contributed by atoms with E-state index in [-0.39, 0.29) is 0 Å². The van der Waals surface area contributed by atoms with Gasteiger partial charge in [-0.05, 0) is 24.6 Å². The highest BCUT2D eigenvalue weighted by Gasteiger charge is 2.38. The Kier molecular flexibility index (Phi) is 5.39. The normalized spacial score (nSPS) is 18.5. The van der Waals surface area contributed by atoms with E-state index in [9.17, 15) is 4.57 Å². The van der Waals surface area contributed by atoms with Crippen LogP contribution in [0.5, 0.6) is 17.2 Å². The van der Waals surface area contributed by atoms with Crippen molar-refractivity contribution in [2.24, 2.45) is 0 Å². The second-order valence-corrected chi connectivity index (χ2v) is 9.21. The third kappa shape index (κ3) is 3.28. The average Bonchev–Trinajstić information content (AvgIpc) is 2.98. The van der Waals surface area contributed by atoms with Crippen molar-refractivity contribution in [1.29, 1.82) is 0 Å². The average molecular weight is 360 g/mol. The maximum absolute atomic E-state index is 13.7. The largest absolute Gasteiger partial charge is 0.496 e. The first kappa shape index (κ1) is 17.9. The lowest BCUT2D eigenvalue weighted by molar-refractivity contribution is 0.393. The maximum atomic E-state index is 13.7. The second-order valence-electron chi connectivity index (χ2n) is 6.28. The number of fused-ring (bicyclic) bond motifs is 1. The molecule has 5 heteroatoms. The van der Waals surface area contributed by atoms with E-state index in [0.29, 0.717) is 24.0 Å². The summed E-state index contributed by atoms with van der Waals surface area (Å²) in [7, 11) is 0.689. The number of ether oxygens (including phenoxy) is 3. The number of hydrogen-bond acceptors (Lipinski definition) is 4. The summed E-state index contributed by atoms with van der Waals surface area (Å²) in [6, 6.07) is 11.5. The molecule has 25 heavy (non-hydrogen) atoms. The quantitative estimate of drug-likeness (QED) is 0.520. The molecule has 0 unspecified atom stereocenters. The highest BCUT2D eigenvalue weighted by atomic mass is 31.2. The Bertz CT molecular complexity index is 778. The fraction of sp³-hybridized carbons (Fsp3) is 0.400. The predicted molar refractivity (Wildman–Crippen MR) is 102 cm³/mol. The van der Waals surface area contributed by atoms with Gasteiger partial charge in [0.1, 0.15) is 23.6 Å². The Hall–Kier alpha value is -1.93. The zero-order valence-electron chi connectivity index (χ0n) is 15.1. The van der Waals surface area contributed by atoms with Crippen molar-refractivity contribution in [3.63, 3.8) is 0 Å². The van der Waals surface area contributed by atoms with Crippen molar-refractivity contribution >= 4 is 12.4 Å². The van der Waals surface area contributed by atoms with Gasteiger partial charge in [-0.1, -0.05) is 38.0 Å². The van der Waals surface area contributed by atoms with Crippen LogP contribution < -0.4 is 19.5 Å². The Morgan fingerprint density at radius 3 is 2.36 bits per heavy atom. The Morgan fingerprint density at radius 2 is 1.72 bits per heavy atom. The summed E-state index contributed by atoms with van der Waals surface area (Å²) >= 11 is 0. The molecule has 134 valence electrons. The van der Waals surface area contributed by atoms with Crippen LogP contribution in [-0.2, 0) is 4.57 Å². The SMILES string of the molecule is CCCCC[P@@]1(=O)COc2cccc(-c3c(OC)cccc3OC)c21. The molecule has 1 aliphatic rings. The van der Waals surface area contributed by atoms with Crippen molar-refractivity contribution < 1.29 is 18.8 Å². The molecule has 1 aliphatic heterocycles. The summed E-state index contributed by atoms with van der Waals surface area (Å²) in [6.45, 7) is 2.15. The first-order valence-electron chi connectivity index (χ1n) is 8.70. The fourth-order valence-electron chi connectivity index (χ4n) is 3.41. The number of hydrogen-bond donors (Lipinski definition) is 0. The summed E-state index contributed by atoms with van der Waals surface area (Å²) in [5.74, 6) is 2.14. The molecule has 0 saturated carbocycles. The molecule has 3 rings (SSSR count). The van der Waals surface area contributed by atoms with Crippen LogP contribution in [0.4, 0.5) is 0 Å². The van der Waals surface area contributed by atoms with Crippen LogP contribution >= 0.6 is 7.14 Å². The lowest BCUT2D eigenvalue weighted by atomic mass is 10.0. The summed E-state index contributed by atoms with van der Waals surface area (Å²) in [4.78, 5) is 0. The summed E-state index contributed by atoms with van der Waals surface area (Å²) < 4.78 is 30.6. The van der Waals surface area contributed by atoms with Gasteiger partial charge in [0, 0.05) is 11.7 Å². The van der Waals surface area contributed by atoms with Crippen LogP contribution in [0, 0.1) is 0 Å². The van der Waals surface area contributed by atoms with Crippen molar-refractivity contribution in [1.82, 2.24) is 0 Å². The number of methoxy groups -OCH3 is 2. The minimum Gasteiger partial charge on any atom is -0.496 e. The van der Waals surface area contributed by atoms with E-state index in [1.807, 2.05) is 36.4 Å². The third-order valence-electron chi connectivity index (χ3n) is 4.66. The molecular weight excluding hydrogens is 335 g/mol. The smallest absolute Gasteiger partial charge is 0.155 e. The van der Waals surface area contributed by atoms with Gasteiger partial charge in [0.15, 0.2) is 7.14 Å². The van der Waals surface area contributed by atoms with Crippen LogP contribution in [0.3, 0.4) is 0 Å². The Labute approximate surface area is 149 Å². The van der Waals surface area contributed by atoms with Crippen LogP contribution in [0.2, 0.25) is 0 Å². The van der Waals surface area contributed by atoms with Crippen molar-refractivity contribution in [3.8, 4) is 28.4 Å². The van der Waals surface area contributed by atoms with E-state index >= 15 is 0 Å². The lowest BCUT2D eigenvalue weighted by Crippen LogP contribution is -2.09. The molecule has 2 aromatic rings. The van der Waals surface area contributed by atoms with E-state index in [4.69, 9.17) is 14.2 Å². The molecule has 0 N–H and O–H groups in total. The van der Waals surface area contributed by atoms with Crippen LogP contribution in [-0.4, -0.2) is 26.7 Å². The molecule has 2 aromatic carbocycles. The number of benzene rings is 2. The highest BCUT2D eigenvalue weighted by Crippen LogP contribution is 2.56. The molecule has 0 radical (unpaired) electrons. The molecule has 0 bridgehead atoms. The number of rotatable bonds is 7. The first-order chi connectivity index (χ1) is 12.1. The zero-order valence-corrected chi connectivity index (χ0v) is 16.0. The second kappa shape index (κ2) is 7.53. The molecular formula is C20H25O4P. The van der Waals surface area contributed by atoms with Crippen molar-refractivity contribution in [2.45, 2.75) is 26.2 Å². The lowest BCUT2D eigenvalue weighted by Gasteiger charge is -2.18. The standard InChI is InChI=1S/C20H25O4P/c1-4-5-6-13-25(21)14-24-18-12-7-9-15(20(18)25)19-16(22-2)10-8-11-17(19)23-3/h7-12H,4-6,13-14H2,1-3H3/t25-/m1/s1. The van der Waals surface area contributed by atoms with Gasteiger partial charge in [-0.15, -0.1) is 0 Å². The zero-order chi connectivity index (χ0) is 17.9. The molecule has 0 aromatic heterocycles. The van der Waals surface area contributed by atoms with Crippen LogP contribution in [0.25, 0.3) is 11.1 Å². The van der Waals surface area contributed by atoms with Gasteiger partial charge in [-0.3, -0.25) is 0 Å². The minimum absolute atomic E-state index is 0.292. The van der Waals surface area contributed by atoms with Gasteiger partial charge in [-0.25, -0.2) is 0 Å². The maximum Gasteiger partial charge on any atom is 0.155 e. The van der Waals surface area contributed by atoms with E-state index in [1.54, 1.807) is 14.2 Å². The predicted octanol–water partition coefficient (Wildman–Crippen LogP) is 4.90. The first-order valence-corrected chi connectivity index (χ1v) is 10.8. The van der Waals surface area contributed by atoms with E-state index < -0.39 is 7.14 Å². The highest BCUT2D eigenvalue weighted by molar-refractivity contribution is 7.72. The van der Waals surface area contributed by atoms with Gasteiger partial charge < -0.3 is 18.8 Å². The fourth-order valence-corrected chi connectivity index (χ4v) is 6.14. The topological polar surface area (TPSA) is 44.8 Å². The van der Waals surface area contributed by atoms with Gasteiger partial charge in [0.25, 0.3) is 0 Å². The molecule has 0 aliphatic carbocycles. The van der Waals surface area contributed by atoms with Gasteiger partial charge in [0.05, 0.1) is 25.1 Å². The van der Waals surface area contributed by atoms with Gasteiger partial charge in [-0.2, -0.15) is 0 Å². The summed E-state index contributed by atoms with van der Waals surface area (Å²) in [5, 5.41) is 0.842. The van der Waals surface area contributed by atoms with E-state index in [1.165, 1.54) is 0 Å². The van der Waals surface area contributed by atoms with Crippen molar-refractivity contribution in [2.75, 3.05) is 26.7 Å². The molecule has 0 amide bonds. The van der Waals surface area contributed by atoms with Gasteiger partial charge >= 0.3 is 0 Å². The van der Waals surface area contributed by atoms with Gasteiger partial charge in [0.2, 0.25) is 0 Å². The Morgan fingerprint density at radius 1 is 1.04 bits per heavy atom. The van der Waals surface area contributed by atoms with E-state index in [2.05, 4.69) is 6.92 Å². The molecule has 4 nitrogen and oxygen atoms in total. The van der Waals surface area contributed by atoms with Crippen molar-refractivity contribution in [3.05, 3.63) is 36.4 Å². The molecule has 1 atom stereocenters. The molecule has 0 spiro atoms. The molecule has 0 saturated heterocycles.